The molecule has 1 aliphatic rings. The highest BCUT2D eigenvalue weighted by Crippen LogP contribution is 2.20. The smallest absolute Gasteiger partial charge is 0.170 e. The molecule has 3 rings (SSSR count). The molecule has 0 bridgehead atoms. The van der Waals surface area contributed by atoms with Gasteiger partial charge in [-0.3, -0.25) is 4.90 Å². The molecule has 2 heterocycles. The second kappa shape index (κ2) is 4.43. The molecule has 17 heavy (non-hydrogen) atoms. The zero-order valence-corrected chi connectivity index (χ0v) is 9.36. The van der Waals surface area contributed by atoms with Crippen LogP contribution in [-0.4, -0.2) is 36.4 Å². The maximum atomic E-state index is 13.0. The Hall–Kier alpha value is -1.46. The summed E-state index contributed by atoms with van der Waals surface area (Å²) >= 11 is 0. The van der Waals surface area contributed by atoms with Crippen LogP contribution in [0.2, 0.25) is 0 Å². The topological polar surface area (TPSA) is 38.5 Å². The summed E-state index contributed by atoms with van der Waals surface area (Å²) < 4.78 is 23.4. The highest BCUT2D eigenvalue weighted by atomic mass is 19.1. The van der Waals surface area contributed by atoms with E-state index in [1.54, 1.807) is 6.07 Å². The molecule has 5 heteroatoms. The van der Waals surface area contributed by atoms with Crippen LogP contribution < -0.4 is 0 Å². The average molecular weight is 236 g/mol. The number of fused-ring (bicyclic) bond motifs is 1. The Morgan fingerprint density at radius 3 is 2.94 bits per heavy atom. The Morgan fingerprint density at radius 1 is 1.29 bits per heavy atom. The van der Waals surface area contributed by atoms with Gasteiger partial charge in [0.25, 0.3) is 0 Å². The molecular weight excluding hydrogens is 223 g/mol. The van der Waals surface area contributed by atoms with Crippen molar-refractivity contribution in [3.05, 3.63) is 29.7 Å². The van der Waals surface area contributed by atoms with E-state index in [1.807, 2.05) is 0 Å². The summed E-state index contributed by atoms with van der Waals surface area (Å²) in [5.74, 6) is -0.299. The standard InChI is InChI=1S/C12H13FN2O2/c13-9-1-2-10-11(14-17-12(10)7-9)8-15-3-5-16-6-4-15/h1-2,7H,3-6,8H2. The first kappa shape index (κ1) is 10.7. The van der Waals surface area contributed by atoms with Gasteiger partial charge in [-0.2, -0.15) is 0 Å². The van der Waals surface area contributed by atoms with Crippen molar-refractivity contribution in [1.82, 2.24) is 10.1 Å². The van der Waals surface area contributed by atoms with Gasteiger partial charge in [0.2, 0.25) is 0 Å². The second-order valence-corrected chi connectivity index (χ2v) is 4.16. The van der Waals surface area contributed by atoms with Crippen LogP contribution in [-0.2, 0) is 11.3 Å². The minimum atomic E-state index is -0.299. The van der Waals surface area contributed by atoms with Crippen molar-refractivity contribution < 1.29 is 13.7 Å². The molecule has 1 fully saturated rings. The van der Waals surface area contributed by atoms with E-state index in [9.17, 15) is 4.39 Å². The van der Waals surface area contributed by atoms with Crippen LogP contribution in [0.25, 0.3) is 11.0 Å². The van der Waals surface area contributed by atoms with E-state index in [4.69, 9.17) is 9.26 Å². The number of halogens is 1. The van der Waals surface area contributed by atoms with Gasteiger partial charge in [0.1, 0.15) is 11.5 Å². The maximum Gasteiger partial charge on any atom is 0.170 e. The van der Waals surface area contributed by atoms with E-state index in [0.717, 1.165) is 43.9 Å². The van der Waals surface area contributed by atoms with Gasteiger partial charge in [0.05, 0.1) is 13.2 Å². The largest absolute Gasteiger partial charge is 0.379 e. The zero-order chi connectivity index (χ0) is 11.7. The van der Waals surface area contributed by atoms with Crippen LogP contribution in [0.1, 0.15) is 5.69 Å². The van der Waals surface area contributed by atoms with Crippen LogP contribution in [0.3, 0.4) is 0 Å². The van der Waals surface area contributed by atoms with Crippen molar-refractivity contribution >= 4 is 11.0 Å². The number of benzene rings is 1. The third kappa shape index (κ3) is 2.16. The molecule has 0 aliphatic carbocycles. The summed E-state index contributed by atoms with van der Waals surface area (Å²) in [6.45, 7) is 4.03. The minimum absolute atomic E-state index is 0.299. The first-order chi connectivity index (χ1) is 8.33. The molecule has 1 saturated heterocycles. The van der Waals surface area contributed by atoms with Crippen LogP contribution in [0.5, 0.6) is 0 Å². The van der Waals surface area contributed by atoms with Crippen molar-refractivity contribution in [2.24, 2.45) is 0 Å². The van der Waals surface area contributed by atoms with Gasteiger partial charge in [-0.25, -0.2) is 4.39 Å². The number of rotatable bonds is 2. The second-order valence-electron chi connectivity index (χ2n) is 4.16. The van der Waals surface area contributed by atoms with Crippen molar-refractivity contribution in [1.29, 1.82) is 0 Å². The fourth-order valence-electron chi connectivity index (χ4n) is 2.05. The van der Waals surface area contributed by atoms with Gasteiger partial charge < -0.3 is 9.26 Å². The maximum absolute atomic E-state index is 13.0. The predicted molar refractivity (Wildman–Crippen MR) is 60.1 cm³/mol. The molecule has 4 nitrogen and oxygen atoms in total. The van der Waals surface area contributed by atoms with E-state index in [-0.39, 0.29) is 5.82 Å². The van der Waals surface area contributed by atoms with Crippen LogP contribution in [0.4, 0.5) is 4.39 Å². The van der Waals surface area contributed by atoms with Gasteiger partial charge in [-0.05, 0) is 12.1 Å². The highest BCUT2D eigenvalue weighted by Gasteiger charge is 2.15. The van der Waals surface area contributed by atoms with Gasteiger partial charge >= 0.3 is 0 Å². The normalized spacial score (nSPS) is 17.7. The van der Waals surface area contributed by atoms with Crippen LogP contribution in [0, 0.1) is 5.82 Å². The summed E-state index contributed by atoms with van der Waals surface area (Å²) in [6.07, 6.45) is 0. The average Bonchev–Trinajstić information content (AvgIpc) is 2.73. The van der Waals surface area contributed by atoms with Crippen molar-refractivity contribution in [3.63, 3.8) is 0 Å². The van der Waals surface area contributed by atoms with E-state index in [0.29, 0.717) is 5.58 Å². The van der Waals surface area contributed by atoms with Crippen molar-refractivity contribution in [3.8, 4) is 0 Å². The van der Waals surface area contributed by atoms with Crippen molar-refractivity contribution in [2.75, 3.05) is 26.3 Å². The Labute approximate surface area is 97.9 Å². The van der Waals surface area contributed by atoms with E-state index < -0.39 is 0 Å². The Balaban J connectivity index is 1.84. The van der Waals surface area contributed by atoms with E-state index in [1.165, 1.54) is 12.1 Å². The number of hydrogen-bond donors (Lipinski definition) is 0. The quantitative estimate of drug-likeness (QED) is 0.797. The molecule has 0 atom stereocenters. The number of hydrogen-bond acceptors (Lipinski definition) is 4. The first-order valence-electron chi connectivity index (χ1n) is 5.67. The Bertz CT molecular complexity index is 520. The summed E-state index contributed by atoms with van der Waals surface area (Å²) in [5, 5.41) is 4.89. The highest BCUT2D eigenvalue weighted by molar-refractivity contribution is 5.79. The van der Waals surface area contributed by atoms with Gasteiger partial charge in [-0.15, -0.1) is 0 Å². The SMILES string of the molecule is Fc1ccc2c(CN3CCOCC3)noc2c1. The minimum Gasteiger partial charge on any atom is -0.379 e. The van der Waals surface area contributed by atoms with E-state index in [2.05, 4.69) is 10.1 Å². The lowest BCUT2D eigenvalue weighted by atomic mass is 10.2. The molecule has 0 amide bonds. The van der Waals surface area contributed by atoms with Gasteiger partial charge in [0, 0.05) is 31.1 Å². The van der Waals surface area contributed by atoms with Gasteiger partial charge in [-0.1, -0.05) is 5.16 Å². The fraction of sp³-hybridized carbons (Fsp3) is 0.417. The zero-order valence-electron chi connectivity index (χ0n) is 9.36. The number of nitrogens with zero attached hydrogens (tertiary/aromatic N) is 2. The van der Waals surface area contributed by atoms with Crippen molar-refractivity contribution in [2.45, 2.75) is 6.54 Å². The summed E-state index contributed by atoms with van der Waals surface area (Å²) in [4.78, 5) is 2.25. The van der Waals surface area contributed by atoms with Crippen LogP contribution >= 0.6 is 0 Å². The third-order valence-corrected chi connectivity index (χ3v) is 2.99. The number of morpholine rings is 1. The number of aromatic nitrogens is 1. The summed E-state index contributed by atoms with van der Waals surface area (Å²) in [7, 11) is 0. The lowest BCUT2D eigenvalue weighted by Crippen LogP contribution is -2.35. The molecule has 2 aromatic rings. The summed E-state index contributed by atoms with van der Waals surface area (Å²) in [6, 6.07) is 4.52. The molecule has 0 saturated carbocycles. The monoisotopic (exact) mass is 236 g/mol. The lowest BCUT2D eigenvalue weighted by molar-refractivity contribution is 0.0334. The third-order valence-electron chi connectivity index (χ3n) is 2.99. The Morgan fingerprint density at radius 2 is 2.12 bits per heavy atom. The molecule has 1 aromatic carbocycles. The van der Waals surface area contributed by atoms with Crippen LogP contribution in [0.15, 0.2) is 22.7 Å². The molecule has 0 unspecified atom stereocenters. The molecule has 0 spiro atoms. The number of ether oxygens (including phenoxy) is 1. The van der Waals surface area contributed by atoms with Gasteiger partial charge in [0.15, 0.2) is 5.58 Å². The molecule has 0 N–H and O–H groups in total. The molecule has 1 aliphatic heterocycles. The predicted octanol–water partition coefficient (Wildman–Crippen LogP) is 1.80. The van der Waals surface area contributed by atoms with E-state index >= 15 is 0 Å². The Kier molecular flexibility index (Phi) is 2.78. The molecule has 90 valence electrons. The molecule has 0 radical (unpaired) electrons. The fourth-order valence-corrected chi connectivity index (χ4v) is 2.05. The summed E-state index contributed by atoms with van der Waals surface area (Å²) in [5.41, 5.74) is 1.37. The molecular formula is C12H13FN2O2. The lowest BCUT2D eigenvalue weighted by Gasteiger charge is -2.25. The first-order valence-corrected chi connectivity index (χ1v) is 5.67. The molecule has 1 aromatic heterocycles.